The van der Waals surface area contributed by atoms with Crippen molar-refractivity contribution in [2.24, 2.45) is 11.8 Å². The highest BCUT2D eigenvalue weighted by Gasteiger charge is 2.19. The predicted molar refractivity (Wildman–Crippen MR) is 92.6 cm³/mol. The quantitative estimate of drug-likeness (QED) is 0.454. The number of rotatable bonds is 12. The Balaban J connectivity index is 4.41. The van der Waals surface area contributed by atoms with Crippen molar-refractivity contribution < 1.29 is 4.79 Å². The van der Waals surface area contributed by atoms with Crippen molar-refractivity contribution >= 4 is 17.9 Å². The van der Waals surface area contributed by atoms with E-state index in [4.69, 9.17) is 0 Å². The van der Waals surface area contributed by atoms with Gasteiger partial charge in [0.05, 0.1) is 0 Å². The minimum absolute atomic E-state index is 0.0464. The SMILES string of the molecule is CCCCC(CC)CN(CC(CC)CCCC)C(=O)S. The third-order valence-electron chi connectivity index (χ3n) is 4.31. The van der Waals surface area contributed by atoms with E-state index >= 15 is 0 Å². The van der Waals surface area contributed by atoms with E-state index in [1.165, 1.54) is 38.5 Å². The van der Waals surface area contributed by atoms with Crippen LogP contribution in [0.1, 0.15) is 79.1 Å². The maximum Gasteiger partial charge on any atom is 0.278 e. The monoisotopic (exact) mass is 301 g/mol. The second-order valence-electron chi connectivity index (χ2n) is 6.02. The zero-order chi connectivity index (χ0) is 15.4. The third-order valence-corrected chi connectivity index (χ3v) is 4.60. The molecule has 120 valence electrons. The summed E-state index contributed by atoms with van der Waals surface area (Å²) < 4.78 is 0. The Bertz CT molecular complexity index is 227. The summed E-state index contributed by atoms with van der Waals surface area (Å²) in [7, 11) is 0. The molecule has 0 N–H and O–H groups in total. The van der Waals surface area contributed by atoms with Crippen molar-refractivity contribution in [3.63, 3.8) is 0 Å². The number of amides is 1. The molecule has 0 radical (unpaired) electrons. The molecule has 3 heteroatoms. The fraction of sp³-hybridized carbons (Fsp3) is 0.941. The van der Waals surface area contributed by atoms with Gasteiger partial charge in [-0.1, -0.05) is 78.8 Å². The summed E-state index contributed by atoms with van der Waals surface area (Å²) >= 11 is 4.09. The Hall–Kier alpha value is -0.180. The molecule has 2 unspecified atom stereocenters. The maximum absolute atomic E-state index is 11.8. The van der Waals surface area contributed by atoms with Gasteiger partial charge in [-0.3, -0.25) is 4.79 Å². The van der Waals surface area contributed by atoms with Gasteiger partial charge in [-0.05, 0) is 24.7 Å². The van der Waals surface area contributed by atoms with Crippen LogP contribution in [-0.2, 0) is 0 Å². The lowest BCUT2D eigenvalue weighted by atomic mass is 9.96. The maximum atomic E-state index is 11.8. The van der Waals surface area contributed by atoms with Gasteiger partial charge < -0.3 is 4.90 Å². The second kappa shape index (κ2) is 12.6. The molecule has 0 aromatic heterocycles. The van der Waals surface area contributed by atoms with Crippen LogP contribution in [0.4, 0.5) is 4.79 Å². The molecule has 0 aromatic carbocycles. The van der Waals surface area contributed by atoms with E-state index in [1.807, 2.05) is 4.90 Å². The van der Waals surface area contributed by atoms with Gasteiger partial charge in [0.2, 0.25) is 0 Å². The van der Waals surface area contributed by atoms with Crippen LogP contribution in [0.5, 0.6) is 0 Å². The van der Waals surface area contributed by atoms with Crippen LogP contribution in [-0.4, -0.2) is 23.2 Å². The summed E-state index contributed by atoms with van der Waals surface area (Å²) in [6.45, 7) is 10.7. The van der Waals surface area contributed by atoms with E-state index in [0.29, 0.717) is 11.8 Å². The van der Waals surface area contributed by atoms with Crippen LogP contribution in [0.3, 0.4) is 0 Å². The van der Waals surface area contributed by atoms with E-state index in [1.54, 1.807) is 0 Å². The summed E-state index contributed by atoms with van der Waals surface area (Å²) in [6.07, 6.45) is 9.78. The molecule has 0 bridgehead atoms. The Morgan fingerprint density at radius 2 is 1.30 bits per heavy atom. The smallest absolute Gasteiger partial charge is 0.278 e. The first kappa shape index (κ1) is 19.8. The minimum Gasteiger partial charge on any atom is -0.333 e. The van der Waals surface area contributed by atoms with E-state index in [2.05, 4.69) is 40.3 Å². The highest BCUT2D eigenvalue weighted by molar-refractivity contribution is 7.96. The summed E-state index contributed by atoms with van der Waals surface area (Å²) in [5.41, 5.74) is 0. The van der Waals surface area contributed by atoms with E-state index in [0.717, 1.165) is 25.9 Å². The predicted octanol–water partition coefficient (Wildman–Crippen LogP) is 5.77. The van der Waals surface area contributed by atoms with Gasteiger partial charge in [0.25, 0.3) is 5.24 Å². The molecule has 0 aliphatic rings. The van der Waals surface area contributed by atoms with Gasteiger partial charge in [0.1, 0.15) is 0 Å². The van der Waals surface area contributed by atoms with Crippen LogP contribution in [0.15, 0.2) is 0 Å². The van der Waals surface area contributed by atoms with Gasteiger partial charge in [-0.25, -0.2) is 0 Å². The molecule has 0 aromatic rings. The van der Waals surface area contributed by atoms with Crippen LogP contribution in [0.25, 0.3) is 0 Å². The third kappa shape index (κ3) is 8.89. The topological polar surface area (TPSA) is 20.3 Å². The second-order valence-corrected chi connectivity index (χ2v) is 6.40. The number of nitrogens with zero attached hydrogens (tertiary/aromatic N) is 1. The molecule has 0 saturated carbocycles. The van der Waals surface area contributed by atoms with Crippen LogP contribution in [0.2, 0.25) is 0 Å². The van der Waals surface area contributed by atoms with Gasteiger partial charge in [-0.2, -0.15) is 0 Å². The van der Waals surface area contributed by atoms with Crippen molar-refractivity contribution in [1.82, 2.24) is 4.90 Å². The molecule has 0 rings (SSSR count). The normalized spacial score (nSPS) is 14.1. The zero-order valence-electron chi connectivity index (χ0n) is 14.0. The largest absolute Gasteiger partial charge is 0.333 e. The van der Waals surface area contributed by atoms with Crippen molar-refractivity contribution in [3.8, 4) is 0 Å². The Morgan fingerprint density at radius 1 is 0.900 bits per heavy atom. The number of carbonyl (C=O) groups excluding carboxylic acids is 1. The van der Waals surface area contributed by atoms with Gasteiger partial charge in [0, 0.05) is 13.1 Å². The number of carbonyl (C=O) groups is 1. The summed E-state index contributed by atoms with van der Waals surface area (Å²) in [5, 5.41) is -0.0464. The lowest BCUT2D eigenvalue weighted by Crippen LogP contribution is -2.35. The molecule has 0 spiro atoms. The molecule has 0 saturated heterocycles. The van der Waals surface area contributed by atoms with Crippen LogP contribution < -0.4 is 0 Å². The van der Waals surface area contributed by atoms with E-state index in [-0.39, 0.29) is 5.24 Å². The average Bonchev–Trinajstić information content (AvgIpc) is 2.45. The fourth-order valence-corrected chi connectivity index (χ4v) is 2.85. The first-order valence-corrected chi connectivity index (χ1v) is 9.01. The molecule has 0 aliphatic heterocycles. The Morgan fingerprint density at radius 3 is 1.55 bits per heavy atom. The fourth-order valence-electron chi connectivity index (χ4n) is 2.69. The number of unbranched alkanes of at least 4 members (excludes halogenated alkanes) is 2. The highest BCUT2D eigenvalue weighted by Crippen LogP contribution is 2.19. The molecule has 0 fully saturated rings. The van der Waals surface area contributed by atoms with Crippen molar-refractivity contribution in [1.29, 1.82) is 0 Å². The van der Waals surface area contributed by atoms with Crippen LogP contribution >= 0.6 is 12.6 Å². The number of thiol groups is 1. The summed E-state index contributed by atoms with van der Waals surface area (Å²) in [5.74, 6) is 1.27. The molecule has 2 atom stereocenters. The first-order chi connectivity index (χ1) is 9.58. The van der Waals surface area contributed by atoms with Crippen LogP contribution in [0, 0.1) is 11.8 Å². The molecular weight excluding hydrogens is 266 g/mol. The standard InChI is InChI=1S/C17H35NOS/c1-5-9-11-15(7-3)13-18(17(19)20)14-16(8-4)12-10-6-2/h15-16H,5-14H2,1-4H3,(H,19,20). The van der Waals surface area contributed by atoms with E-state index in [9.17, 15) is 4.79 Å². The average molecular weight is 302 g/mol. The summed E-state index contributed by atoms with van der Waals surface area (Å²) in [4.78, 5) is 13.8. The molecule has 2 nitrogen and oxygen atoms in total. The Labute approximate surface area is 132 Å². The van der Waals surface area contributed by atoms with E-state index < -0.39 is 0 Å². The van der Waals surface area contributed by atoms with Gasteiger partial charge in [-0.15, -0.1) is 0 Å². The molecule has 20 heavy (non-hydrogen) atoms. The summed E-state index contributed by atoms with van der Waals surface area (Å²) in [6, 6.07) is 0. The minimum atomic E-state index is -0.0464. The lowest BCUT2D eigenvalue weighted by Gasteiger charge is -2.29. The van der Waals surface area contributed by atoms with Crippen molar-refractivity contribution in [3.05, 3.63) is 0 Å². The van der Waals surface area contributed by atoms with Gasteiger partial charge >= 0.3 is 0 Å². The lowest BCUT2D eigenvalue weighted by molar-refractivity contribution is 0.191. The molecule has 0 heterocycles. The molecular formula is C17H35NOS. The highest BCUT2D eigenvalue weighted by atomic mass is 32.1. The molecule has 0 aliphatic carbocycles. The Kier molecular flexibility index (Phi) is 12.4. The number of hydrogen-bond acceptors (Lipinski definition) is 1. The van der Waals surface area contributed by atoms with Gasteiger partial charge in [0.15, 0.2) is 0 Å². The molecule has 1 amide bonds. The number of hydrogen-bond donors (Lipinski definition) is 1. The first-order valence-electron chi connectivity index (χ1n) is 8.56. The zero-order valence-corrected chi connectivity index (χ0v) is 14.9. The van der Waals surface area contributed by atoms with Crippen molar-refractivity contribution in [2.75, 3.05) is 13.1 Å². The van der Waals surface area contributed by atoms with Crippen molar-refractivity contribution in [2.45, 2.75) is 79.1 Å².